The normalized spacial score (nSPS) is 34.3. The molecule has 0 spiro atoms. The number of ether oxygens (including phenoxy) is 1. The third-order valence-corrected chi connectivity index (χ3v) is 10.4. The fourth-order valence-electron chi connectivity index (χ4n) is 8.67. The predicted molar refractivity (Wildman–Crippen MR) is 146 cm³/mol. The molecule has 8 atom stereocenters. The lowest BCUT2D eigenvalue weighted by Gasteiger charge is -2.50. The molecule has 3 fully saturated rings. The Kier molecular flexibility index (Phi) is 10.5. The number of amides is 1. The van der Waals surface area contributed by atoms with Gasteiger partial charge in [0.1, 0.15) is 6.29 Å². The number of nitrogens with one attached hydrogen (secondary N) is 1. The van der Waals surface area contributed by atoms with Crippen LogP contribution in [0.2, 0.25) is 0 Å². The first-order valence-corrected chi connectivity index (χ1v) is 15.5. The number of hydrogen-bond acceptors (Lipinski definition) is 3. The van der Waals surface area contributed by atoms with E-state index < -0.39 is 0 Å². The van der Waals surface area contributed by atoms with Crippen LogP contribution in [0.4, 0.5) is 0 Å². The van der Waals surface area contributed by atoms with Gasteiger partial charge in [-0.1, -0.05) is 51.7 Å². The average Bonchev–Trinajstić information content (AvgIpc) is 3.31. The van der Waals surface area contributed by atoms with Gasteiger partial charge in [-0.05, 0) is 105 Å². The average molecular weight is 500 g/mol. The summed E-state index contributed by atoms with van der Waals surface area (Å²) in [5.41, 5.74) is 1.71. The van der Waals surface area contributed by atoms with E-state index in [9.17, 15) is 9.59 Å². The van der Waals surface area contributed by atoms with Crippen molar-refractivity contribution in [2.45, 2.75) is 117 Å². The van der Waals surface area contributed by atoms with E-state index in [1.54, 1.807) is 5.57 Å². The first-order valence-electron chi connectivity index (χ1n) is 15.5. The molecule has 1 N–H and O–H groups in total. The van der Waals surface area contributed by atoms with E-state index in [1.165, 1.54) is 64.2 Å². The Hall–Kier alpha value is -1.16. The zero-order valence-electron chi connectivity index (χ0n) is 23.4. The van der Waals surface area contributed by atoms with Crippen LogP contribution in [0, 0.1) is 47.3 Å². The number of carbonyl (C=O) groups is 2. The maximum atomic E-state index is 11.6. The van der Waals surface area contributed by atoms with Gasteiger partial charge in [0.15, 0.2) is 0 Å². The Morgan fingerprint density at radius 1 is 1.00 bits per heavy atom. The Bertz CT molecular complexity index is 746. The predicted octanol–water partition coefficient (Wildman–Crippen LogP) is 7.12. The van der Waals surface area contributed by atoms with Crippen molar-refractivity contribution >= 4 is 12.2 Å². The molecule has 0 radical (unpaired) electrons. The Morgan fingerprint density at radius 3 is 2.61 bits per heavy atom. The molecule has 3 saturated carbocycles. The van der Waals surface area contributed by atoms with Crippen LogP contribution >= 0.6 is 0 Å². The highest BCUT2D eigenvalue weighted by Crippen LogP contribution is 2.59. The van der Waals surface area contributed by atoms with Crippen LogP contribution in [0.3, 0.4) is 0 Å². The summed E-state index contributed by atoms with van der Waals surface area (Å²) in [7, 11) is 0. The van der Waals surface area contributed by atoms with Crippen molar-refractivity contribution in [3.05, 3.63) is 11.6 Å². The molecule has 204 valence electrons. The van der Waals surface area contributed by atoms with Crippen molar-refractivity contribution in [1.29, 1.82) is 0 Å². The summed E-state index contributed by atoms with van der Waals surface area (Å²) in [6.07, 6.45) is 20.4. The van der Waals surface area contributed by atoms with Crippen LogP contribution in [0.15, 0.2) is 11.6 Å². The fraction of sp³-hybridized carbons (Fsp3) is 0.875. The lowest BCUT2D eigenvalue weighted by atomic mass is 9.56. The van der Waals surface area contributed by atoms with Gasteiger partial charge in [-0.3, -0.25) is 4.79 Å². The number of rotatable bonds is 13. The lowest BCUT2D eigenvalue weighted by molar-refractivity contribution is -0.122. The molecule has 36 heavy (non-hydrogen) atoms. The SMILES string of the molecule is CC(C)CCCC(C)C1CCC2C1CCC1C3CC[C@H](OCCCNC(=O)CCC=O)CC3=CCC12. The zero-order valence-corrected chi connectivity index (χ0v) is 23.4. The van der Waals surface area contributed by atoms with Crippen LogP contribution in [0.5, 0.6) is 0 Å². The van der Waals surface area contributed by atoms with E-state index >= 15 is 0 Å². The first kappa shape index (κ1) is 27.9. The minimum Gasteiger partial charge on any atom is -0.378 e. The number of fused-ring (bicyclic) bond motifs is 5. The summed E-state index contributed by atoms with van der Waals surface area (Å²) in [6.45, 7) is 8.65. The van der Waals surface area contributed by atoms with Crippen molar-refractivity contribution in [2.24, 2.45) is 47.3 Å². The second-order valence-corrected chi connectivity index (χ2v) is 13.1. The number of hydrogen-bond donors (Lipinski definition) is 1. The monoisotopic (exact) mass is 499 g/mol. The summed E-state index contributed by atoms with van der Waals surface area (Å²) < 4.78 is 6.24. The van der Waals surface area contributed by atoms with Crippen molar-refractivity contribution < 1.29 is 14.3 Å². The van der Waals surface area contributed by atoms with Crippen LogP contribution in [0.1, 0.15) is 111 Å². The van der Waals surface area contributed by atoms with Crippen LogP contribution < -0.4 is 5.32 Å². The standard InChI is InChI=1S/C32H53NO3/c1-22(2)7-4-8-23(3)26-14-15-31-28(26)16-17-29-27-13-11-25(21-24(27)10-12-30(29)31)36-20-6-18-33-32(35)9-5-19-34/h10,19,22-23,25-31H,4-9,11-18,20-21H2,1-3H3,(H,33,35)/t23?,25-,26?,27?,28?,29?,30?,31?/m0/s1. The molecular formula is C32H53NO3. The van der Waals surface area contributed by atoms with E-state index in [0.29, 0.717) is 32.1 Å². The van der Waals surface area contributed by atoms with E-state index in [0.717, 1.165) is 66.5 Å². The molecule has 4 rings (SSSR count). The Labute approximate surface area is 220 Å². The molecule has 4 aliphatic carbocycles. The lowest BCUT2D eigenvalue weighted by Crippen LogP contribution is -2.42. The highest BCUT2D eigenvalue weighted by molar-refractivity contribution is 5.77. The molecule has 1 amide bonds. The highest BCUT2D eigenvalue weighted by atomic mass is 16.5. The minimum absolute atomic E-state index is 0.0339. The fourth-order valence-corrected chi connectivity index (χ4v) is 8.67. The summed E-state index contributed by atoms with van der Waals surface area (Å²) in [6, 6.07) is 0. The second-order valence-electron chi connectivity index (χ2n) is 13.1. The Morgan fingerprint density at radius 2 is 1.81 bits per heavy atom. The van der Waals surface area contributed by atoms with E-state index in [4.69, 9.17) is 4.74 Å². The van der Waals surface area contributed by atoms with Gasteiger partial charge in [0.25, 0.3) is 0 Å². The molecule has 4 aliphatic rings. The topological polar surface area (TPSA) is 55.4 Å². The molecule has 4 nitrogen and oxygen atoms in total. The summed E-state index contributed by atoms with van der Waals surface area (Å²) >= 11 is 0. The summed E-state index contributed by atoms with van der Waals surface area (Å²) in [5, 5.41) is 2.88. The smallest absolute Gasteiger partial charge is 0.220 e. The molecule has 0 aromatic carbocycles. The maximum Gasteiger partial charge on any atom is 0.220 e. The van der Waals surface area contributed by atoms with Gasteiger partial charge >= 0.3 is 0 Å². The van der Waals surface area contributed by atoms with Crippen LogP contribution in [-0.4, -0.2) is 31.4 Å². The van der Waals surface area contributed by atoms with E-state index in [2.05, 4.69) is 32.2 Å². The minimum atomic E-state index is -0.0339. The molecule has 0 heterocycles. The molecule has 0 bridgehead atoms. The highest BCUT2D eigenvalue weighted by Gasteiger charge is 2.50. The van der Waals surface area contributed by atoms with Crippen molar-refractivity contribution in [2.75, 3.05) is 13.2 Å². The number of aldehydes is 1. The van der Waals surface area contributed by atoms with Gasteiger partial charge < -0.3 is 14.8 Å². The molecule has 4 heteroatoms. The quantitative estimate of drug-likeness (QED) is 0.167. The molecule has 0 aliphatic heterocycles. The van der Waals surface area contributed by atoms with E-state index in [-0.39, 0.29) is 5.91 Å². The van der Waals surface area contributed by atoms with Crippen LogP contribution in [0.25, 0.3) is 0 Å². The third kappa shape index (κ3) is 7.03. The van der Waals surface area contributed by atoms with Gasteiger partial charge in [-0.15, -0.1) is 0 Å². The van der Waals surface area contributed by atoms with Crippen molar-refractivity contribution in [3.63, 3.8) is 0 Å². The van der Waals surface area contributed by atoms with Crippen LogP contribution in [-0.2, 0) is 14.3 Å². The maximum absolute atomic E-state index is 11.6. The van der Waals surface area contributed by atoms with Gasteiger partial charge in [-0.2, -0.15) is 0 Å². The third-order valence-electron chi connectivity index (χ3n) is 10.4. The van der Waals surface area contributed by atoms with Gasteiger partial charge in [-0.25, -0.2) is 0 Å². The first-order chi connectivity index (χ1) is 17.5. The van der Waals surface area contributed by atoms with Crippen molar-refractivity contribution in [3.8, 4) is 0 Å². The molecule has 0 aromatic rings. The molecule has 0 saturated heterocycles. The molecule has 7 unspecified atom stereocenters. The summed E-state index contributed by atoms with van der Waals surface area (Å²) in [5.74, 6) is 7.44. The van der Waals surface area contributed by atoms with Gasteiger partial charge in [0.2, 0.25) is 5.91 Å². The molecular weight excluding hydrogens is 446 g/mol. The zero-order chi connectivity index (χ0) is 25.5. The second kappa shape index (κ2) is 13.6. The van der Waals surface area contributed by atoms with Crippen molar-refractivity contribution in [1.82, 2.24) is 5.32 Å². The molecule has 0 aromatic heterocycles. The van der Waals surface area contributed by atoms with E-state index in [1.807, 2.05) is 0 Å². The van der Waals surface area contributed by atoms with Gasteiger partial charge in [0.05, 0.1) is 6.10 Å². The largest absolute Gasteiger partial charge is 0.378 e. The number of allylic oxidation sites excluding steroid dienone is 1. The van der Waals surface area contributed by atoms with Gasteiger partial charge in [0, 0.05) is 26.0 Å². The number of carbonyl (C=O) groups excluding carboxylic acids is 2. The Balaban J connectivity index is 1.21. The summed E-state index contributed by atoms with van der Waals surface area (Å²) in [4.78, 5) is 22.0.